The molecule has 2 heterocycles. The minimum absolute atomic E-state index is 0.0442. The highest BCUT2D eigenvalue weighted by molar-refractivity contribution is 7.07. The van der Waals surface area contributed by atoms with Gasteiger partial charge in [-0.1, -0.05) is 0 Å². The molecular formula is C16H17F3N4O3S. The fourth-order valence-corrected chi connectivity index (χ4v) is 3.05. The van der Waals surface area contributed by atoms with E-state index >= 15 is 0 Å². The second-order valence-corrected chi connectivity index (χ2v) is 6.36. The van der Waals surface area contributed by atoms with Gasteiger partial charge in [0.15, 0.2) is 11.2 Å². The number of amidine groups is 1. The van der Waals surface area contributed by atoms with E-state index < -0.39 is 30.4 Å². The smallest absolute Gasteiger partial charge is 0.355 e. The molecule has 1 aliphatic rings. The van der Waals surface area contributed by atoms with Crippen molar-refractivity contribution in [1.82, 2.24) is 4.98 Å². The van der Waals surface area contributed by atoms with Gasteiger partial charge in [0.05, 0.1) is 12.1 Å². The first-order chi connectivity index (χ1) is 12.7. The summed E-state index contributed by atoms with van der Waals surface area (Å²) < 4.78 is 46.0. The molecule has 1 aromatic carbocycles. The first kappa shape index (κ1) is 20.6. The number of thiazole rings is 1. The zero-order valence-corrected chi connectivity index (χ0v) is 15.0. The van der Waals surface area contributed by atoms with Gasteiger partial charge in [-0.05, 0) is 24.6 Å². The van der Waals surface area contributed by atoms with Crippen LogP contribution in [0.5, 0.6) is 0 Å². The van der Waals surface area contributed by atoms with Gasteiger partial charge in [-0.2, -0.15) is 0 Å². The highest BCUT2D eigenvalue weighted by Gasteiger charge is 2.47. The van der Waals surface area contributed by atoms with Crippen LogP contribution in [0.15, 0.2) is 28.0 Å². The number of aliphatic imine (C=N–C) groups is 1. The van der Waals surface area contributed by atoms with Crippen LogP contribution in [0.1, 0.15) is 21.6 Å². The van der Waals surface area contributed by atoms with Crippen molar-refractivity contribution in [3.05, 3.63) is 45.7 Å². The van der Waals surface area contributed by atoms with Gasteiger partial charge >= 0.3 is 5.97 Å². The average Bonchev–Trinajstić information content (AvgIpc) is 3.14. The van der Waals surface area contributed by atoms with Crippen molar-refractivity contribution in [3.63, 3.8) is 0 Å². The van der Waals surface area contributed by atoms with Crippen LogP contribution in [0.2, 0.25) is 0 Å². The summed E-state index contributed by atoms with van der Waals surface area (Å²) in [5.74, 6) is -1.85. The molecule has 0 bridgehead atoms. The van der Waals surface area contributed by atoms with E-state index in [2.05, 4.69) is 9.98 Å². The van der Waals surface area contributed by atoms with E-state index in [9.17, 15) is 18.0 Å². The van der Waals surface area contributed by atoms with Crippen LogP contribution in [0.3, 0.4) is 0 Å². The van der Waals surface area contributed by atoms with Crippen molar-refractivity contribution in [2.45, 2.75) is 18.9 Å². The monoisotopic (exact) mass is 402 g/mol. The number of anilines is 1. The molecule has 2 aromatic rings. The predicted octanol–water partition coefficient (Wildman–Crippen LogP) is 2.41. The van der Waals surface area contributed by atoms with Crippen LogP contribution >= 0.6 is 11.3 Å². The largest absolute Gasteiger partial charge is 0.476 e. The number of carboxylic acids is 1. The number of carbonyl (C=O) groups is 1. The summed E-state index contributed by atoms with van der Waals surface area (Å²) in [6, 6.07) is 2.37. The Morgan fingerprint density at radius 2 is 2.11 bits per heavy atom. The number of benzene rings is 1. The molecular weight excluding hydrogens is 385 g/mol. The van der Waals surface area contributed by atoms with Gasteiger partial charge in [-0.15, -0.1) is 11.3 Å². The maximum atomic E-state index is 14.0. The maximum absolute atomic E-state index is 14.0. The number of nitrogens with two attached hydrogens (primary N) is 2. The number of hydrogen-bond acceptors (Lipinski definition) is 7. The average molecular weight is 402 g/mol. The number of nitrogen functional groups attached to an aromatic ring is 1. The van der Waals surface area contributed by atoms with Crippen molar-refractivity contribution in [2.24, 2.45) is 10.7 Å². The topological polar surface area (TPSA) is 124 Å². The van der Waals surface area contributed by atoms with Gasteiger partial charge in [0.2, 0.25) is 0 Å². The SMILES string of the molecule is Cc1c(N)ccc(F)c1[C@]1(C(F)F)COCC(N)=N1.O=C(O)c1cscn1. The Labute approximate surface area is 156 Å². The summed E-state index contributed by atoms with van der Waals surface area (Å²) >= 11 is 1.28. The maximum Gasteiger partial charge on any atom is 0.355 e. The Hall–Kier alpha value is -2.66. The lowest BCUT2D eigenvalue weighted by atomic mass is 9.86. The molecule has 27 heavy (non-hydrogen) atoms. The molecule has 7 nitrogen and oxygen atoms in total. The van der Waals surface area contributed by atoms with E-state index in [0.29, 0.717) is 0 Å². The number of carboxylic acid groups (broad SMARTS) is 1. The van der Waals surface area contributed by atoms with Crippen LogP contribution in [-0.2, 0) is 10.3 Å². The van der Waals surface area contributed by atoms with Gasteiger partial charge in [0, 0.05) is 16.6 Å². The number of rotatable bonds is 3. The van der Waals surface area contributed by atoms with E-state index in [1.807, 2.05) is 0 Å². The lowest BCUT2D eigenvalue weighted by molar-refractivity contribution is -0.0149. The van der Waals surface area contributed by atoms with Gasteiger partial charge in [-0.25, -0.2) is 22.9 Å². The minimum atomic E-state index is -2.96. The lowest BCUT2D eigenvalue weighted by Crippen LogP contribution is -2.45. The van der Waals surface area contributed by atoms with Crippen LogP contribution in [0, 0.1) is 12.7 Å². The molecule has 0 fully saturated rings. The fraction of sp³-hybridized carbons (Fsp3) is 0.312. The number of nitrogens with zero attached hydrogens (tertiary/aromatic N) is 2. The minimum Gasteiger partial charge on any atom is -0.476 e. The normalized spacial score (nSPS) is 19.2. The molecule has 0 aliphatic carbocycles. The Morgan fingerprint density at radius 3 is 2.59 bits per heavy atom. The van der Waals surface area contributed by atoms with E-state index in [4.69, 9.17) is 21.3 Å². The molecule has 1 aromatic heterocycles. The molecule has 0 saturated carbocycles. The van der Waals surface area contributed by atoms with Crippen LogP contribution < -0.4 is 11.5 Å². The molecule has 146 valence electrons. The number of ether oxygens (including phenoxy) is 1. The molecule has 0 amide bonds. The third kappa shape index (κ3) is 4.37. The van der Waals surface area contributed by atoms with Crippen LogP contribution in [-0.4, -0.2) is 41.5 Å². The van der Waals surface area contributed by atoms with Crippen molar-refractivity contribution < 1.29 is 27.8 Å². The van der Waals surface area contributed by atoms with Gasteiger partial charge in [0.25, 0.3) is 6.43 Å². The van der Waals surface area contributed by atoms with E-state index in [-0.39, 0.29) is 35.0 Å². The summed E-state index contributed by atoms with van der Waals surface area (Å²) in [4.78, 5) is 17.3. The van der Waals surface area contributed by atoms with Crippen LogP contribution in [0.25, 0.3) is 0 Å². The standard InChI is InChI=1S/C12H14F3N3O.C4H3NO2S/c1-6-8(16)3-2-7(13)10(6)12(11(14)15)5-19-4-9(17)18-12;6-4(7)3-1-8-2-5-3/h2-3,11H,4-5,16H2,1H3,(H2,17,18);1-2H,(H,6,7)/t12-;/m0./s1. The highest BCUT2D eigenvalue weighted by Crippen LogP contribution is 2.39. The second kappa shape index (κ2) is 8.35. The van der Waals surface area contributed by atoms with Crippen LogP contribution in [0.4, 0.5) is 18.9 Å². The van der Waals surface area contributed by atoms with E-state index in [1.54, 1.807) is 0 Å². The molecule has 5 N–H and O–H groups in total. The molecule has 11 heteroatoms. The summed E-state index contributed by atoms with van der Waals surface area (Å²) in [7, 11) is 0. The number of aromatic nitrogens is 1. The highest BCUT2D eigenvalue weighted by atomic mass is 32.1. The molecule has 0 unspecified atom stereocenters. The summed E-state index contributed by atoms with van der Waals surface area (Å²) in [6.45, 7) is 0.988. The Morgan fingerprint density at radius 1 is 1.41 bits per heavy atom. The first-order valence-electron chi connectivity index (χ1n) is 7.55. The van der Waals surface area contributed by atoms with Crippen molar-refractivity contribution in [3.8, 4) is 0 Å². The van der Waals surface area contributed by atoms with E-state index in [0.717, 1.165) is 6.07 Å². The van der Waals surface area contributed by atoms with Gasteiger partial charge in [0.1, 0.15) is 18.3 Å². The van der Waals surface area contributed by atoms with Crippen molar-refractivity contribution in [1.29, 1.82) is 0 Å². The molecule has 3 rings (SSSR count). The Bertz CT molecular complexity index is 846. The number of alkyl halides is 2. The van der Waals surface area contributed by atoms with Crippen molar-refractivity contribution in [2.75, 3.05) is 18.9 Å². The zero-order chi connectivity index (χ0) is 20.2. The third-order valence-corrected chi connectivity index (χ3v) is 4.40. The Balaban J connectivity index is 0.000000273. The number of hydrogen-bond donors (Lipinski definition) is 3. The lowest BCUT2D eigenvalue weighted by Gasteiger charge is -2.34. The predicted molar refractivity (Wildman–Crippen MR) is 94.7 cm³/mol. The first-order valence-corrected chi connectivity index (χ1v) is 8.50. The molecule has 1 atom stereocenters. The zero-order valence-electron chi connectivity index (χ0n) is 14.2. The van der Waals surface area contributed by atoms with Crippen molar-refractivity contribution >= 4 is 28.8 Å². The molecule has 0 spiro atoms. The van der Waals surface area contributed by atoms with Gasteiger partial charge < -0.3 is 21.3 Å². The van der Waals surface area contributed by atoms with E-state index in [1.165, 1.54) is 35.2 Å². The second-order valence-electron chi connectivity index (χ2n) is 5.64. The quantitative estimate of drug-likeness (QED) is 0.678. The summed E-state index contributed by atoms with van der Waals surface area (Å²) in [6.07, 6.45) is -2.96. The molecule has 0 saturated heterocycles. The van der Waals surface area contributed by atoms with Gasteiger partial charge in [-0.3, -0.25) is 4.99 Å². The molecule has 1 aliphatic heterocycles. The summed E-state index contributed by atoms with van der Waals surface area (Å²) in [5, 5.41) is 9.71. The fourth-order valence-electron chi connectivity index (χ4n) is 2.53. The number of aromatic carboxylic acids is 1. The Kier molecular flexibility index (Phi) is 6.39. The third-order valence-electron chi connectivity index (χ3n) is 3.82. The molecule has 0 radical (unpaired) electrons. The summed E-state index contributed by atoms with van der Waals surface area (Å²) in [5.41, 5.74) is 10.8. The number of halogens is 3.